The number of rotatable bonds is 4. The monoisotopic (exact) mass is 246 g/mol. The van der Waals surface area contributed by atoms with Crippen molar-refractivity contribution in [2.75, 3.05) is 7.05 Å². The average molecular weight is 246 g/mol. The first-order valence-corrected chi connectivity index (χ1v) is 6.01. The number of benzene rings is 1. The summed E-state index contributed by atoms with van der Waals surface area (Å²) in [5, 5.41) is 10.3. The first-order valence-electron chi connectivity index (χ1n) is 6.01. The molecule has 0 bridgehead atoms. The van der Waals surface area contributed by atoms with Gasteiger partial charge in [-0.2, -0.15) is 0 Å². The molecule has 0 unspecified atom stereocenters. The van der Waals surface area contributed by atoms with E-state index in [0.717, 1.165) is 18.4 Å². The summed E-state index contributed by atoms with van der Waals surface area (Å²) < 4.78 is 0. The lowest BCUT2D eigenvalue weighted by molar-refractivity contribution is 0.206. The summed E-state index contributed by atoms with van der Waals surface area (Å²) in [6, 6.07) is 7.71. The lowest BCUT2D eigenvalue weighted by Crippen LogP contribution is -2.37. The molecule has 1 aliphatic rings. The number of nitrogens with one attached hydrogen (secondary N) is 2. The fourth-order valence-corrected chi connectivity index (χ4v) is 1.70. The van der Waals surface area contributed by atoms with E-state index < -0.39 is 0 Å². The summed E-state index contributed by atoms with van der Waals surface area (Å²) in [5.41, 5.74) is 7.09. The van der Waals surface area contributed by atoms with E-state index in [1.807, 2.05) is 18.2 Å². The predicted molar refractivity (Wildman–Crippen MR) is 70.5 cm³/mol. The summed E-state index contributed by atoms with van der Waals surface area (Å²) in [6.45, 7) is 0.514. The third kappa shape index (κ3) is 3.23. The van der Waals surface area contributed by atoms with Crippen LogP contribution < -0.4 is 11.1 Å². The van der Waals surface area contributed by atoms with Crippen LogP contribution in [0.25, 0.3) is 0 Å². The highest BCUT2D eigenvalue weighted by Crippen LogP contribution is 2.19. The lowest BCUT2D eigenvalue weighted by atomic mass is 10.1. The molecule has 2 amide bonds. The molecule has 1 saturated carbocycles. The number of nitrogen functional groups attached to an aromatic ring is 1. The molecule has 0 heterocycles. The van der Waals surface area contributed by atoms with Gasteiger partial charge in [0.05, 0.1) is 0 Å². The Labute approximate surface area is 106 Å². The topological polar surface area (TPSA) is 82.2 Å². The van der Waals surface area contributed by atoms with Gasteiger partial charge in [0.15, 0.2) is 0 Å². The number of hydrogen-bond donors (Lipinski definition) is 3. The maximum Gasteiger partial charge on any atom is 0.317 e. The summed E-state index contributed by atoms with van der Waals surface area (Å²) in [4.78, 5) is 13.4. The van der Waals surface area contributed by atoms with Crippen LogP contribution in [0.1, 0.15) is 24.0 Å². The first kappa shape index (κ1) is 12.4. The van der Waals surface area contributed by atoms with Gasteiger partial charge in [-0.15, -0.1) is 0 Å². The predicted octanol–water partition coefficient (Wildman–Crippen LogP) is 1.27. The molecule has 0 spiro atoms. The zero-order valence-corrected chi connectivity index (χ0v) is 10.4. The fourth-order valence-electron chi connectivity index (χ4n) is 1.70. The Morgan fingerprint density at radius 1 is 1.56 bits per heavy atom. The van der Waals surface area contributed by atoms with Crippen LogP contribution in [0.3, 0.4) is 0 Å². The first-order chi connectivity index (χ1) is 8.56. The van der Waals surface area contributed by atoms with Gasteiger partial charge in [-0.25, -0.2) is 4.79 Å². The molecule has 5 heteroatoms. The summed E-state index contributed by atoms with van der Waals surface area (Å²) in [6.07, 6.45) is 2.17. The van der Waals surface area contributed by atoms with E-state index in [9.17, 15) is 4.79 Å². The maximum absolute atomic E-state index is 11.8. The molecule has 96 valence electrons. The molecule has 0 radical (unpaired) electrons. The summed E-state index contributed by atoms with van der Waals surface area (Å²) >= 11 is 0. The van der Waals surface area contributed by atoms with Crippen molar-refractivity contribution >= 4 is 11.9 Å². The van der Waals surface area contributed by atoms with Crippen molar-refractivity contribution < 1.29 is 4.79 Å². The van der Waals surface area contributed by atoms with Crippen molar-refractivity contribution in [2.24, 2.45) is 5.73 Å². The van der Waals surface area contributed by atoms with E-state index in [1.54, 1.807) is 18.0 Å². The quantitative estimate of drug-likeness (QED) is 0.552. The fraction of sp³-hybridized carbons (Fsp3) is 0.385. The van der Waals surface area contributed by atoms with Crippen molar-refractivity contribution in [3.8, 4) is 0 Å². The van der Waals surface area contributed by atoms with Gasteiger partial charge in [-0.3, -0.25) is 5.41 Å². The molecule has 1 fully saturated rings. The minimum atomic E-state index is -0.0503. The van der Waals surface area contributed by atoms with Gasteiger partial charge >= 0.3 is 6.03 Å². The molecule has 18 heavy (non-hydrogen) atoms. The molecule has 5 nitrogen and oxygen atoms in total. The average Bonchev–Trinajstić information content (AvgIpc) is 3.13. The molecule has 0 atom stereocenters. The van der Waals surface area contributed by atoms with Crippen LogP contribution in [0, 0.1) is 5.41 Å². The van der Waals surface area contributed by atoms with Crippen molar-refractivity contribution in [3.05, 3.63) is 35.4 Å². The van der Waals surface area contributed by atoms with Gasteiger partial charge in [0, 0.05) is 25.2 Å². The van der Waals surface area contributed by atoms with Crippen LogP contribution in [0.15, 0.2) is 24.3 Å². The van der Waals surface area contributed by atoms with E-state index in [1.165, 1.54) is 0 Å². The van der Waals surface area contributed by atoms with E-state index >= 15 is 0 Å². The maximum atomic E-state index is 11.8. The van der Waals surface area contributed by atoms with Gasteiger partial charge in [-0.05, 0) is 24.5 Å². The van der Waals surface area contributed by atoms with E-state index in [4.69, 9.17) is 11.1 Å². The van der Waals surface area contributed by atoms with Crippen molar-refractivity contribution in [1.82, 2.24) is 10.2 Å². The number of carbonyl (C=O) groups excluding carboxylic acids is 1. The van der Waals surface area contributed by atoms with Gasteiger partial charge < -0.3 is 16.0 Å². The van der Waals surface area contributed by atoms with E-state index in [0.29, 0.717) is 18.2 Å². The van der Waals surface area contributed by atoms with Gasteiger partial charge in [0.1, 0.15) is 5.84 Å². The number of nitrogens with two attached hydrogens (primary N) is 1. The molecule has 1 aromatic carbocycles. The summed E-state index contributed by atoms with van der Waals surface area (Å²) in [5.74, 6) is 0.0435. The molecule has 4 N–H and O–H groups in total. The highest BCUT2D eigenvalue weighted by Gasteiger charge is 2.24. The minimum absolute atomic E-state index is 0.0435. The third-order valence-corrected chi connectivity index (χ3v) is 2.91. The van der Waals surface area contributed by atoms with Crippen LogP contribution in [-0.4, -0.2) is 29.9 Å². The van der Waals surface area contributed by atoms with E-state index in [2.05, 4.69) is 5.32 Å². The van der Waals surface area contributed by atoms with Crippen LogP contribution in [-0.2, 0) is 6.54 Å². The Hall–Kier alpha value is -2.04. The molecule has 1 aliphatic carbocycles. The van der Waals surface area contributed by atoms with Crippen LogP contribution in [0.4, 0.5) is 4.79 Å². The second-order valence-electron chi connectivity index (χ2n) is 4.69. The molecule has 0 aromatic heterocycles. The minimum Gasteiger partial charge on any atom is -0.384 e. The Morgan fingerprint density at radius 2 is 2.28 bits per heavy atom. The third-order valence-electron chi connectivity index (χ3n) is 2.91. The highest BCUT2D eigenvalue weighted by atomic mass is 16.2. The Bertz CT molecular complexity index is 468. The highest BCUT2D eigenvalue weighted by molar-refractivity contribution is 5.95. The second kappa shape index (κ2) is 5.08. The number of urea groups is 1. The standard InChI is InChI=1S/C13H18N4O/c1-17(13(18)16-11-5-6-11)8-9-3-2-4-10(7-9)12(14)15/h2-4,7,11H,5-6,8H2,1H3,(H3,14,15)(H,16,18). The van der Waals surface area contributed by atoms with Crippen LogP contribution in [0.2, 0.25) is 0 Å². The van der Waals surface area contributed by atoms with Gasteiger partial charge in [-0.1, -0.05) is 18.2 Å². The van der Waals surface area contributed by atoms with Crippen molar-refractivity contribution in [1.29, 1.82) is 5.41 Å². The molecular weight excluding hydrogens is 228 g/mol. The number of hydrogen-bond acceptors (Lipinski definition) is 2. The second-order valence-corrected chi connectivity index (χ2v) is 4.69. The van der Waals surface area contributed by atoms with E-state index in [-0.39, 0.29) is 11.9 Å². The zero-order valence-electron chi connectivity index (χ0n) is 10.4. The smallest absolute Gasteiger partial charge is 0.317 e. The van der Waals surface area contributed by atoms with Crippen LogP contribution >= 0.6 is 0 Å². The number of nitrogens with zero attached hydrogens (tertiary/aromatic N) is 1. The molecule has 2 rings (SSSR count). The zero-order chi connectivity index (χ0) is 13.1. The molecule has 0 aliphatic heterocycles. The Balaban J connectivity index is 1.96. The number of carbonyl (C=O) groups is 1. The normalized spacial score (nSPS) is 14.1. The van der Waals surface area contributed by atoms with Gasteiger partial charge in [0.25, 0.3) is 0 Å². The number of amides is 2. The van der Waals surface area contributed by atoms with Gasteiger partial charge in [0.2, 0.25) is 0 Å². The molecule has 1 aromatic rings. The largest absolute Gasteiger partial charge is 0.384 e. The Morgan fingerprint density at radius 3 is 2.89 bits per heavy atom. The SMILES string of the molecule is CN(Cc1cccc(C(=N)N)c1)C(=O)NC1CC1. The molecular formula is C13H18N4O. The molecule has 0 saturated heterocycles. The lowest BCUT2D eigenvalue weighted by Gasteiger charge is -2.18. The van der Waals surface area contributed by atoms with Crippen LogP contribution in [0.5, 0.6) is 0 Å². The van der Waals surface area contributed by atoms with Crippen molar-refractivity contribution in [2.45, 2.75) is 25.4 Å². The Kier molecular flexibility index (Phi) is 3.50. The number of amidine groups is 1. The summed E-state index contributed by atoms with van der Waals surface area (Å²) in [7, 11) is 1.76. The van der Waals surface area contributed by atoms with Crippen molar-refractivity contribution in [3.63, 3.8) is 0 Å².